The molecule has 0 atom stereocenters. The first-order valence-electron chi connectivity index (χ1n) is 3.43. The van der Waals surface area contributed by atoms with Gasteiger partial charge in [-0.05, 0) is 36.4 Å². The molecule has 64 valence electrons. The zero-order valence-electron chi connectivity index (χ0n) is 6.76. The van der Waals surface area contributed by atoms with Crippen molar-refractivity contribution < 1.29 is 9.53 Å². The van der Waals surface area contributed by atoms with Gasteiger partial charge in [-0.2, -0.15) is 0 Å². The van der Waals surface area contributed by atoms with E-state index in [1.165, 1.54) is 0 Å². The highest BCUT2D eigenvalue weighted by Crippen LogP contribution is 2.05. The van der Waals surface area contributed by atoms with Crippen molar-refractivity contribution in [3.63, 3.8) is 0 Å². The lowest BCUT2D eigenvalue weighted by Crippen LogP contribution is -2.30. The van der Waals surface area contributed by atoms with Gasteiger partial charge in [0.15, 0.2) is 4.67 Å². The minimum absolute atomic E-state index is 0.245. The fourth-order valence-electron chi connectivity index (χ4n) is 0.641. The molecule has 0 aromatic carbocycles. The number of ether oxygens (including phenoxy) is 1. The van der Waals surface area contributed by atoms with Gasteiger partial charge in [-0.3, -0.25) is 0 Å². The lowest BCUT2D eigenvalue weighted by molar-refractivity contribution is 0.140. The highest BCUT2D eigenvalue weighted by molar-refractivity contribution is 9.11. The largest absolute Gasteiger partial charge is 0.415 e. The molecule has 0 unspecified atom stereocenters. The van der Waals surface area contributed by atoms with Crippen molar-refractivity contribution in [1.29, 1.82) is 0 Å². The molecule has 0 bridgehead atoms. The minimum Gasteiger partial charge on any atom is -0.403 e. The van der Waals surface area contributed by atoms with E-state index in [1.807, 2.05) is 13.8 Å². The van der Waals surface area contributed by atoms with Crippen molar-refractivity contribution in [3.8, 4) is 0 Å². The van der Waals surface area contributed by atoms with Crippen molar-refractivity contribution in [2.45, 2.75) is 13.8 Å². The summed E-state index contributed by atoms with van der Waals surface area (Å²) in [5.74, 6) is 0. The Labute approximate surface area is 75.1 Å². The number of nitrogens with zero attached hydrogens (tertiary/aromatic N) is 1. The van der Waals surface area contributed by atoms with Crippen molar-refractivity contribution in [1.82, 2.24) is 4.90 Å². The first kappa shape index (κ1) is 10.5. The third-order valence-electron chi connectivity index (χ3n) is 1.22. The monoisotopic (exact) mass is 221 g/mol. The predicted molar refractivity (Wildman–Crippen MR) is 47.5 cm³/mol. The number of amides is 1. The Balaban J connectivity index is 3.89. The van der Waals surface area contributed by atoms with E-state index in [0.717, 1.165) is 0 Å². The van der Waals surface area contributed by atoms with Gasteiger partial charge in [-0.25, -0.2) is 4.79 Å². The quantitative estimate of drug-likeness (QED) is 0.686. The van der Waals surface area contributed by atoms with Crippen LogP contribution in [-0.2, 0) is 4.74 Å². The molecule has 0 saturated carbocycles. The first-order valence-corrected chi connectivity index (χ1v) is 4.22. The number of hydrogen-bond acceptors (Lipinski definition) is 2. The fraction of sp³-hybridized carbons (Fsp3) is 0.571. The molecule has 0 N–H and O–H groups in total. The third kappa shape index (κ3) is 4.03. The molecule has 0 radical (unpaired) electrons. The molecular weight excluding hydrogens is 210 g/mol. The molecular formula is C7H12BrNO2. The van der Waals surface area contributed by atoms with Crippen LogP contribution in [0.15, 0.2) is 11.2 Å². The van der Waals surface area contributed by atoms with E-state index in [0.29, 0.717) is 13.1 Å². The van der Waals surface area contributed by atoms with Gasteiger partial charge in [0.1, 0.15) is 0 Å². The van der Waals surface area contributed by atoms with Crippen molar-refractivity contribution in [2.75, 3.05) is 13.1 Å². The number of rotatable bonds is 3. The summed E-state index contributed by atoms with van der Waals surface area (Å²) in [6.45, 7) is 8.47. The average Bonchev–Trinajstić information content (AvgIpc) is 1.88. The molecule has 0 aliphatic carbocycles. The smallest absolute Gasteiger partial charge is 0.403 e. The van der Waals surface area contributed by atoms with Crippen LogP contribution in [0.3, 0.4) is 0 Å². The van der Waals surface area contributed by atoms with Gasteiger partial charge in [-0.15, -0.1) is 0 Å². The highest BCUT2D eigenvalue weighted by atomic mass is 79.9. The molecule has 1 amide bonds. The summed E-state index contributed by atoms with van der Waals surface area (Å²) < 4.78 is 4.95. The Bertz CT molecular complexity index is 155. The van der Waals surface area contributed by atoms with Gasteiger partial charge in [0.05, 0.1) is 0 Å². The van der Waals surface area contributed by atoms with Crippen molar-refractivity contribution in [2.24, 2.45) is 0 Å². The molecule has 0 heterocycles. The Hall–Kier alpha value is -0.510. The van der Waals surface area contributed by atoms with E-state index in [2.05, 4.69) is 22.5 Å². The van der Waals surface area contributed by atoms with Crippen LogP contribution in [0.2, 0.25) is 0 Å². The van der Waals surface area contributed by atoms with E-state index in [4.69, 9.17) is 4.74 Å². The molecule has 0 aromatic heterocycles. The zero-order valence-corrected chi connectivity index (χ0v) is 8.35. The molecule has 0 spiro atoms. The standard InChI is InChI=1S/C7H12BrNO2/c1-4-9(5-2)7(10)11-6(3)8/h3-5H2,1-2H3. The number of halogens is 1. The third-order valence-corrected chi connectivity index (χ3v) is 1.38. The summed E-state index contributed by atoms with van der Waals surface area (Å²) in [6, 6.07) is 0. The number of hydrogen-bond donors (Lipinski definition) is 0. The van der Waals surface area contributed by atoms with Crippen LogP contribution in [0.25, 0.3) is 0 Å². The summed E-state index contributed by atoms with van der Waals surface area (Å²) in [4.78, 5) is 12.6. The summed E-state index contributed by atoms with van der Waals surface area (Å²) in [5, 5.41) is 0. The van der Waals surface area contributed by atoms with E-state index < -0.39 is 0 Å². The second kappa shape index (κ2) is 5.18. The SMILES string of the molecule is C=C(Br)OC(=O)N(CC)CC. The molecule has 11 heavy (non-hydrogen) atoms. The van der Waals surface area contributed by atoms with Crippen LogP contribution in [0.1, 0.15) is 13.8 Å². The average molecular weight is 222 g/mol. The Morgan fingerprint density at radius 2 is 2.00 bits per heavy atom. The lowest BCUT2D eigenvalue weighted by Gasteiger charge is -2.16. The van der Waals surface area contributed by atoms with Crippen molar-refractivity contribution in [3.05, 3.63) is 11.2 Å². The summed E-state index contributed by atoms with van der Waals surface area (Å²) in [7, 11) is 0. The second-order valence-electron chi connectivity index (χ2n) is 1.90. The van der Waals surface area contributed by atoms with Crippen molar-refractivity contribution >= 4 is 22.0 Å². The van der Waals surface area contributed by atoms with Gasteiger partial charge < -0.3 is 9.64 Å². The van der Waals surface area contributed by atoms with Gasteiger partial charge in [0, 0.05) is 13.1 Å². The van der Waals surface area contributed by atoms with Gasteiger partial charge in [0.2, 0.25) is 0 Å². The van der Waals surface area contributed by atoms with E-state index in [1.54, 1.807) is 4.90 Å². The summed E-state index contributed by atoms with van der Waals surface area (Å²) >= 11 is 2.94. The van der Waals surface area contributed by atoms with E-state index in [9.17, 15) is 4.79 Å². The van der Waals surface area contributed by atoms with Crippen LogP contribution in [0.4, 0.5) is 4.79 Å². The minimum atomic E-state index is -0.364. The number of carbonyl (C=O) groups is 1. The van der Waals surface area contributed by atoms with Crippen LogP contribution in [0.5, 0.6) is 0 Å². The topological polar surface area (TPSA) is 29.5 Å². The van der Waals surface area contributed by atoms with E-state index >= 15 is 0 Å². The molecule has 0 saturated heterocycles. The van der Waals surface area contributed by atoms with Crippen LogP contribution >= 0.6 is 15.9 Å². The maximum atomic E-state index is 11.0. The lowest BCUT2D eigenvalue weighted by atomic mass is 10.6. The molecule has 0 aliphatic rings. The second-order valence-corrected chi connectivity index (χ2v) is 2.78. The molecule has 4 heteroatoms. The maximum Gasteiger partial charge on any atom is 0.415 e. The van der Waals surface area contributed by atoms with Crippen LogP contribution in [-0.4, -0.2) is 24.1 Å². The molecule has 0 aliphatic heterocycles. The van der Waals surface area contributed by atoms with Crippen LogP contribution < -0.4 is 0 Å². The maximum absolute atomic E-state index is 11.0. The summed E-state index contributed by atoms with van der Waals surface area (Å²) in [6.07, 6.45) is -0.364. The van der Waals surface area contributed by atoms with Crippen LogP contribution in [0, 0.1) is 0 Å². The predicted octanol–water partition coefficient (Wildman–Crippen LogP) is 2.33. The Morgan fingerprint density at radius 3 is 2.27 bits per heavy atom. The number of carbonyl (C=O) groups excluding carboxylic acids is 1. The Morgan fingerprint density at radius 1 is 1.55 bits per heavy atom. The zero-order chi connectivity index (χ0) is 8.85. The van der Waals surface area contributed by atoms with Gasteiger partial charge >= 0.3 is 6.09 Å². The molecule has 3 nitrogen and oxygen atoms in total. The van der Waals surface area contributed by atoms with Gasteiger partial charge in [0.25, 0.3) is 0 Å². The highest BCUT2D eigenvalue weighted by Gasteiger charge is 2.10. The summed E-state index contributed by atoms with van der Waals surface area (Å²) in [5.41, 5.74) is 0. The normalized spacial score (nSPS) is 9.00. The first-order chi connectivity index (χ1) is 5.11. The molecule has 0 aromatic rings. The van der Waals surface area contributed by atoms with E-state index in [-0.39, 0.29) is 10.8 Å². The van der Waals surface area contributed by atoms with Gasteiger partial charge in [-0.1, -0.05) is 0 Å². The fourth-order valence-corrected chi connectivity index (χ4v) is 0.780. The molecule has 0 rings (SSSR count). The molecule has 0 fully saturated rings. The Kier molecular flexibility index (Phi) is 4.94.